The zero-order valence-electron chi connectivity index (χ0n) is 11.2. The van der Waals surface area contributed by atoms with Crippen LogP contribution in [0.2, 0.25) is 0 Å². The first-order chi connectivity index (χ1) is 10.0. The fraction of sp³-hybridized carbons (Fsp3) is 0.133. The van der Waals surface area contributed by atoms with Crippen molar-refractivity contribution in [2.45, 2.75) is 13.0 Å². The number of nitrogens with zero attached hydrogens (tertiary/aromatic N) is 2. The number of nitriles is 1. The topological polar surface area (TPSA) is 79.0 Å². The average Bonchev–Trinajstić information content (AvgIpc) is 2.49. The summed E-state index contributed by atoms with van der Waals surface area (Å²) in [7, 11) is 0. The Morgan fingerprint density at radius 1 is 1.33 bits per heavy atom. The second-order valence-corrected chi connectivity index (χ2v) is 5.38. The van der Waals surface area contributed by atoms with Gasteiger partial charge in [0, 0.05) is 17.8 Å². The van der Waals surface area contributed by atoms with E-state index in [2.05, 4.69) is 27.3 Å². The number of nitrogens with one attached hydrogen (secondary N) is 1. The van der Waals surface area contributed by atoms with Crippen LogP contribution in [-0.4, -0.2) is 4.92 Å². The number of anilines is 1. The molecule has 0 spiro atoms. The van der Waals surface area contributed by atoms with Crippen LogP contribution >= 0.6 is 15.9 Å². The minimum absolute atomic E-state index is 0.0120. The molecule has 6 heteroatoms. The molecule has 0 aromatic heterocycles. The van der Waals surface area contributed by atoms with Gasteiger partial charge < -0.3 is 5.32 Å². The first-order valence-electron chi connectivity index (χ1n) is 6.22. The van der Waals surface area contributed by atoms with Crippen LogP contribution in [0.4, 0.5) is 11.4 Å². The van der Waals surface area contributed by atoms with Gasteiger partial charge in [0.15, 0.2) is 0 Å². The lowest BCUT2D eigenvalue weighted by molar-refractivity contribution is -0.385. The Morgan fingerprint density at radius 3 is 2.76 bits per heavy atom. The van der Waals surface area contributed by atoms with E-state index in [0.717, 1.165) is 5.56 Å². The number of rotatable bonds is 4. The maximum absolute atomic E-state index is 10.9. The zero-order valence-corrected chi connectivity index (χ0v) is 12.8. The molecule has 0 saturated carbocycles. The van der Waals surface area contributed by atoms with E-state index in [4.69, 9.17) is 5.26 Å². The van der Waals surface area contributed by atoms with Crippen LogP contribution in [-0.2, 0) is 0 Å². The molecule has 0 aliphatic rings. The van der Waals surface area contributed by atoms with Crippen LogP contribution in [0, 0.1) is 21.4 Å². The maximum atomic E-state index is 10.9. The van der Waals surface area contributed by atoms with Crippen LogP contribution in [0.15, 0.2) is 46.9 Å². The SMILES string of the molecule is CC(Nc1ccc(Br)c([N+](=O)[O-])c1)c1cccc(C#N)c1. The van der Waals surface area contributed by atoms with Crippen LogP contribution in [0.3, 0.4) is 0 Å². The molecule has 0 bridgehead atoms. The van der Waals surface area contributed by atoms with Gasteiger partial charge in [0.25, 0.3) is 5.69 Å². The van der Waals surface area contributed by atoms with Gasteiger partial charge in [-0.25, -0.2) is 0 Å². The van der Waals surface area contributed by atoms with E-state index < -0.39 is 4.92 Å². The van der Waals surface area contributed by atoms with Crippen molar-refractivity contribution in [3.63, 3.8) is 0 Å². The fourth-order valence-electron chi connectivity index (χ4n) is 1.95. The summed E-state index contributed by atoms with van der Waals surface area (Å²) < 4.78 is 0.442. The molecule has 0 amide bonds. The van der Waals surface area contributed by atoms with Crippen molar-refractivity contribution >= 4 is 27.3 Å². The van der Waals surface area contributed by atoms with E-state index in [1.54, 1.807) is 24.3 Å². The first-order valence-corrected chi connectivity index (χ1v) is 7.01. The second-order valence-electron chi connectivity index (χ2n) is 4.53. The second kappa shape index (κ2) is 6.37. The molecule has 106 valence electrons. The number of hydrogen-bond acceptors (Lipinski definition) is 4. The quantitative estimate of drug-likeness (QED) is 0.657. The number of hydrogen-bond donors (Lipinski definition) is 1. The highest BCUT2D eigenvalue weighted by molar-refractivity contribution is 9.10. The van der Waals surface area contributed by atoms with E-state index in [-0.39, 0.29) is 11.7 Å². The summed E-state index contributed by atoms with van der Waals surface area (Å²) in [4.78, 5) is 10.5. The predicted molar refractivity (Wildman–Crippen MR) is 84.0 cm³/mol. The first kappa shape index (κ1) is 15.0. The van der Waals surface area contributed by atoms with Crippen LogP contribution in [0.1, 0.15) is 24.1 Å². The maximum Gasteiger partial charge on any atom is 0.285 e. The van der Waals surface area contributed by atoms with Crippen molar-refractivity contribution in [1.82, 2.24) is 0 Å². The summed E-state index contributed by atoms with van der Waals surface area (Å²) in [5, 5.41) is 23.0. The summed E-state index contributed by atoms with van der Waals surface area (Å²) in [6.07, 6.45) is 0. The van der Waals surface area contributed by atoms with Crippen molar-refractivity contribution in [2.75, 3.05) is 5.32 Å². The molecule has 1 atom stereocenters. The van der Waals surface area contributed by atoms with Crippen molar-refractivity contribution in [3.8, 4) is 6.07 Å². The molecule has 5 nitrogen and oxygen atoms in total. The van der Waals surface area contributed by atoms with Gasteiger partial charge in [-0.15, -0.1) is 0 Å². The highest BCUT2D eigenvalue weighted by Crippen LogP contribution is 2.29. The molecular formula is C15H12BrN3O2. The molecule has 0 heterocycles. The van der Waals surface area contributed by atoms with E-state index >= 15 is 0 Å². The molecule has 1 N–H and O–H groups in total. The highest BCUT2D eigenvalue weighted by atomic mass is 79.9. The van der Waals surface area contributed by atoms with Gasteiger partial charge >= 0.3 is 0 Å². The Kier molecular flexibility index (Phi) is 4.55. The van der Waals surface area contributed by atoms with Crippen LogP contribution in [0.5, 0.6) is 0 Å². The molecule has 1 unspecified atom stereocenters. The molecule has 2 aromatic carbocycles. The lowest BCUT2D eigenvalue weighted by atomic mass is 10.1. The molecule has 21 heavy (non-hydrogen) atoms. The monoisotopic (exact) mass is 345 g/mol. The van der Waals surface area contributed by atoms with E-state index in [1.165, 1.54) is 6.07 Å². The molecule has 2 rings (SSSR count). The molecule has 0 fully saturated rings. The van der Waals surface area contributed by atoms with Crippen molar-refractivity contribution < 1.29 is 4.92 Å². The zero-order chi connectivity index (χ0) is 15.4. The Morgan fingerprint density at radius 2 is 2.10 bits per heavy atom. The van der Waals surface area contributed by atoms with E-state index in [9.17, 15) is 10.1 Å². The van der Waals surface area contributed by atoms with Crippen molar-refractivity contribution in [1.29, 1.82) is 5.26 Å². The highest BCUT2D eigenvalue weighted by Gasteiger charge is 2.14. The van der Waals surface area contributed by atoms with E-state index in [1.807, 2.05) is 19.1 Å². The van der Waals surface area contributed by atoms with Gasteiger partial charge in [0.1, 0.15) is 0 Å². The normalized spacial score (nSPS) is 11.5. The standard InChI is InChI=1S/C15H12BrN3O2/c1-10(12-4-2-3-11(7-12)9-17)18-13-5-6-14(16)15(8-13)19(20)21/h2-8,10,18H,1H3. The Balaban J connectivity index is 2.23. The molecule has 0 aliphatic heterocycles. The molecule has 0 saturated heterocycles. The number of nitro benzene ring substituents is 1. The fourth-order valence-corrected chi connectivity index (χ4v) is 2.34. The number of nitro groups is 1. The van der Waals surface area contributed by atoms with Crippen LogP contribution < -0.4 is 5.32 Å². The summed E-state index contributed by atoms with van der Waals surface area (Å²) in [5.74, 6) is 0. The Labute approximate surface area is 130 Å². The minimum Gasteiger partial charge on any atom is -0.378 e. The van der Waals surface area contributed by atoms with Gasteiger partial charge in [-0.2, -0.15) is 5.26 Å². The average molecular weight is 346 g/mol. The lowest BCUT2D eigenvalue weighted by Gasteiger charge is -2.16. The van der Waals surface area contributed by atoms with Gasteiger partial charge in [-0.05, 0) is 52.7 Å². The van der Waals surface area contributed by atoms with Crippen molar-refractivity contribution in [3.05, 3.63) is 68.2 Å². The van der Waals surface area contributed by atoms with E-state index in [0.29, 0.717) is 15.7 Å². The number of benzene rings is 2. The summed E-state index contributed by atoms with van der Waals surface area (Å²) >= 11 is 3.16. The Hall–Kier alpha value is -2.39. The number of halogens is 1. The summed E-state index contributed by atoms with van der Waals surface area (Å²) in [5.41, 5.74) is 2.19. The minimum atomic E-state index is -0.434. The van der Waals surface area contributed by atoms with Gasteiger partial charge in [-0.1, -0.05) is 12.1 Å². The molecular weight excluding hydrogens is 334 g/mol. The molecule has 0 aliphatic carbocycles. The van der Waals surface area contributed by atoms with Gasteiger partial charge in [0.05, 0.1) is 21.0 Å². The lowest BCUT2D eigenvalue weighted by Crippen LogP contribution is -2.07. The molecule has 0 radical (unpaired) electrons. The molecule has 2 aromatic rings. The third kappa shape index (κ3) is 3.58. The third-order valence-corrected chi connectivity index (χ3v) is 3.71. The van der Waals surface area contributed by atoms with Crippen LogP contribution in [0.25, 0.3) is 0 Å². The van der Waals surface area contributed by atoms with Crippen molar-refractivity contribution in [2.24, 2.45) is 0 Å². The summed E-state index contributed by atoms with van der Waals surface area (Å²) in [6, 6.07) is 14.2. The predicted octanol–water partition coefficient (Wildman–Crippen LogP) is 4.40. The largest absolute Gasteiger partial charge is 0.378 e. The third-order valence-electron chi connectivity index (χ3n) is 3.04. The summed E-state index contributed by atoms with van der Waals surface area (Å²) in [6.45, 7) is 1.93. The van der Waals surface area contributed by atoms with Gasteiger partial charge in [-0.3, -0.25) is 10.1 Å². The Bertz CT molecular complexity index is 725. The van der Waals surface area contributed by atoms with Gasteiger partial charge in [0.2, 0.25) is 0 Å². The smallest absolute Gasteiger partial charge is 0.285 e.